The Labute approximate surface area is 165 Å². The minimum absolute atomic E-state index is 0. The fourth-order valence-corrected chi connectivity index (χ4v) is 2.25. The summed E-state index contributed by atoms with van der Waals surface area (Å²) in [5, 5.41) is 6.42. The predicted octanol–water partition coefficient (Wildman–Crippen LogP) is 2.93. The zero-order valence-corrected chi connectivity index (χ0v) is 16.8. The van der Waals surface area contributed by atoms with Crippen molar-refractivity contribution >= 4 is 29.9 Å². The normalized spacial score (nSPS) is 10.8. The molecule has 0 aliphatic carbocycles. The highest BCUT2D eigenvalue weighted by Gasteiger charge is 2.02. The molecule has 0 spiro atoms. The first-order valence-electron chi connectivity index (χ1n) is 7.91. The molecule has 2 aromatic rings. The number of hydrogen-bond donors (Lipinski definition) is 2. The fourth-order valence-electron chi connectivity index (χ4n) is 2.25. The molecule has 0 amide bonds. The van der Waals surface area contributed by atoms with Crippen LogP contribution in [0.4, 0.5) is 4.39 Å². The summed E-state index contributed by atoms with van der Waals surface area (Å²) in [6.45, 7) is 3.78. The van der Waals surface area contributed by atoms with Gasteiger partial charge in [0, 0.05) is 19.8 Å². The van der Waals surface area contributed by atoms with Crippen LogP contribution in [0.3, 0.4) is 0 Å². The van der Waals surface area contributed by atoms with Crippen molar-refractivity contribution in [3.05, 3.63) is 59.7 Å². The maximum absolute atomic E-state index is 13.1. The van der Waals surface area contributed by atoms with Gasteiger partial charge in [-0.2, -0.15) is 0 Å². The molecule has 0 atom stereocenters. The zero-order chi connectivity index (χ0) is 17.2. The first-order chi connectivity index (χ1) is 11.7. The van der Waals surface area contributed by atoms with Gasteiger partial charge in [0.2, 0.25) is 0 Å². The number of nitrogens with one attached hydrogen (secondary N) is 2. The molecule has 0 saturated carbocycles. The van der Waals surface area contributed by atoms with Crippen LogP contribution in [0.2, 0.25) is 0 Å². The van der Waals surface area contributed by atoms with E-state index in [0.29, 0.717) is 19.1 Å². The van der Waals surface area contributed by atoms with Gasteiger partial charge in [-0.1, -0.05) is 6.07 Å². The van der Waals surface area contributed by atoms with Gasteiger partial charge >= 0.3 is 0 Å². The van der Waals surface area contributed by atoms with Crippen molar-refractivity contribution in [3.63, 3.8) is 0 Å². The summed E-state index contributed by atoms with van der Waals surface area (Å²) >= 11 is 0. The average molecular weight is 458 g/mol. The first-order valence-corrected chi connectivity index (χ1v) is 7.91. The van der Waals surface area contributed by atoms with Crippen LogP contribution in [0, 0.1) is 12.7 Å². The van der Waals surface area contributed by atoms with E-state index in [0.717, 1.165) is 29.8 Å². The van der Waals surface area contributed by atoms with Gasteiger partial charge in [0.15, 0.2) is 5.96 Å². The van der Waals surface area contributed by atoms with Crippen LogP contribution in [-0.2, 0) is 6.42 Å². The molecule has 0 aliphatic heterocycles. The summed E-state index contributed by atoms with van der Waals surface area (Å²) in [6, 6.07) is 8.57. The highest BCUT2D eigenvalue weighted by atomic mass is 127. The Hall–Kier alpha value is -1.90. The summed E-state index contributed by atoms with van der Waals surface area (Å²) in [7, 11) is 1.72. The Morgan fingerprint density at radius 3 is 2.72 bits per heavy atom. The second kappa shape index (κ2) is 11.6. The van der Waals surface area contributed by atoms with Crippen LogP contribution in [0.25, 0.3) is 0 Å². The van der Waals surface area contributed by atoms with Crippen molar-refractivity contribution in [2.45, 2.75) is 13.3 Å². The Morgan fingerprint density at radius 2 is 2.04 bits per heavy atom. The SMILES string of the molecule is CN=C(NCCOc1cccnc1)NCCc1ccc(F)cc1C.I. The molecular formula is C18H24FIN4O. The number of benzene rings is 1. The predicted molar refractivity (Wildman–Crippen MR) is 109 cm³/mol. The van der Waals surface area contributed by atoms with Crippen LogP contribution in [0.5, 0.6) is 5.75 Å². The number of pyridine rings is 1. The lowest BCUT2D eigenvalue weighted by molar-refractivity contribution is 0.320. The quantitative estimate of drug-likeness (QED) is 0.290. The highest BCUT2D eigenvalue weighted by Crippen LogP contribution is 2.10. The molecule has 1 aromatic carbocycles. The van der Waals surface area contributed by atoms with E-state index < -0.39 is 0 Å². The minimum atomic E-state index is -0.199. The summed E-state index contributed by atoms with van der Waals surface area (Å²) < 4.78 is 18.6. The van der Waals surface area contributed by atoms with Gasteiger partial charge in [-0.15, -0.1) is 24.0 Å². The number of rotatable bonds is 7. The van der Waals surface area contributed by atoms with E-state index >= 15 is 0 Å². The van der Waals surface area contributed by atoms with E-state index in [9.17, 15) is 4.39 Å². The molecule has 0 aliphatic rings. The van der Waals surface area contributed by atoms with E-state index in [-0.39, 0.29) is 29.8 Å². The smallest absolute Gasteiger partial charge is 0.191 e. The number of halogens is 2. The lowest BCUT2D eigenvalue weighted by Gasteiger charge is -2.13. The first kappa shape index (κ1) is 21.1. The fraction of sp³-hybridized carbons (Fsp3) is 0.333. The maximum atomic E-state index is 13.1. The number of aliphatic imine (C=N–C) groups is 1. The number of nitrogens with zero attached hydrogens (tertiary/aromatic N) is 2. The maximum Gasteiger partial charge on any atom is 0.191 e. The molecule has 0 fully saturated rings. The Bertz CT molecular complexity index is 667. The monoisotopic (exact) mass is 458 g/mol. The molecule has 2 rings (SSSR count). The Morgan fingerprint density at radius 1 is 1.24 bits per heavy atom. The van der Waals surface area contributed by atoms with Crippen molar-refractivity contribution in [2.75, 3.05) is 26.7 Å². The second-order valence-corrected chi connectivity index (χ2v) is 5.28. The van der Waals surface area contributed by atoms with Gasteiger partial charge in [0.05, 0.1) is 12.7 Å². The topological polar surface area (TPSA) is 58.5 Å². The zero-order valence-electron chi connectivity index (χ0n) is 14.5. The molecule has 25 heavy (non-hydrogen) atoms. The van der Waals surface area contributed by atoms with Gasteiger partial charge in [-0.3, -0.25) is 9.98 Å². The molecule has 1 aromatic heterocycles. The molecular weight excluding hydrogens is 434 g/mol. The van der Waals surface area contributed by atoms with E-state index in [4.69, 9.17) is 4.74 Å². The molecule has 2 N–H and O–H groups in total. The number of ether oxygens (including phenoxy) is 1. The number of hydrogen-bond acceptors (Lipinski definition) is 3. The van der Waals surface area contributed by atoms with E-state index in [1.165, 1.54) is 6.07 Å². The van der Waals surface area contributed by atoms with Crippen LogP contribution >= 0.6 is 24.0 Å². The van der Waals surface area contributed by atoms with Gasteiger partial charge < -0.3 is 15.4 Å². The Balaban J connectivity index is 0.00000312. The summed E-state index contributed by atoms with van der Waals surface area (Å²) in [4.78, 5) is 8.16. The molecule has 136 valence electrons. The van der Waals surface area contributed by atoms with Crippen molar-refractivity contribution in [1.29, 1.82) is 0 Å². The summed E-state index contributed by atoms with van der Waals surface area (Å²) in [5.41, 5.74) is 2.09. The second-order valence-electron chi connectivity index (χ2n) is 5.28. The molecule has 0 radical (unpaired) electrons. The van der Waals surface area contributed by atoms with Gasteiger partial charge in [-0.25, -0.2) is 4.39 Å². The molecule has 5 nitrogen and oxygen atoms in total. The van der Waals surface area contributed by atoms with Crippen LogP contribution in [-0.4, -0.2) is 37.7 Å². The van der Waals surface area contributed by atoms with Crippen molar-refractivity contribution in [2.24, 2.45) is 4.99 Å². The third kappa shape index (κ3) is 7.68. The highest BCUT2D eigenvalue weighted by molar-refractivity contribution is 14.0. The van der Waals surface area contributed by atoms with Gasteiger partial charge in [-0.05, 0) is 48.7 Å². The molecule has 0 bridgehead atoms. The standard InChI is InChI=1S/C18H23FN4O.HI/c1-14-12-16(19)6-5-15(14)7-9-22-18(20-2)23-10-11-24-17-4-3-8-21-13-17;/h3-6,8,12-13H,7,9-11H2,1-2H3,(H2,20,22,23);1H. The summed E-state index contributed by atoms with van der Waals surface area (Å²) in [5.74, 6) is 1.26. The van der Waals surface area contributed by atoms with Crippen LogP contribution in [0.1, 0.15) is 11.1 Å². The molecule has 1 heterocycles. The minimum Gasteiger partial charge on any atom is -0.490 e. The molecule has 0 saturated heterocycles. The average Bonchev–Trinajstić information content (AvgIpc) is 2.59. The largest absolute Gasteiger partial charge is 0.490 e. The van der Waals surface area contributed by atoms with Gasteiger partial charge in [0.1, 0.15) is 18.2 Å². The van der Waals surface area contributed by atoms with Crippen LogP contribution in [0.15, 0.2) is 47.7 Å². The van der Waals surface area contributed by atoms with Crippen molar-refractivity contribution < 1.29 is 9.13 Å². The lowest BCUT2D eigenvalue weighted by Crippen LogP contribution is -2.40. The van der Waals surface area contributed by atoms with E-state index in [2.05, 4.69) is 20.6 Å². The third-order valence-electron chi connectivity index (χ3n) is 3.51. The molecule has 0 unspecified atom stereocenters. The number of aryl methyl sites for hydroxylation is 1. The Kier molecular flexibility index (Phi) is 9.83. The van der Waals surface area contributed by atoms with Crippen LogP contribution < -0.4 is 15.4 Å². The lowest BCUT2D eigenvalue weighted by atomic mass is 10.1. The van der Waals surface area contributed by atoms with E-state index in [1.54, 1.807) is 25.5 Å². The number of guanidine groups is 1. The van der Waals surface area contributed by atoms with Crippen molar-refractivity contribution in [1.82, 2.24) is 15.6 Å². The van der Waals surface area contributed by atoms with E-state index in [1.807, 2.05) is 25.1 Å². The molecule has 7 heteroatoms. The summed E-state index contributed by atoms with van der Waals surface area (Å²) in [6.07, 6.45) is 4.19. The van der Waals surface area contributed by atoms with Gasteiger partial charge in [0.25, 0.3) is 0 Å². The third-order valence-corrected chi connectivity index (χ3v) is 3.51. The van der Waals surface area contributed by atoms with Crippen molar-refractivity contribution in [3.8, 4) is 5.75 Å². The number of aromatic nitrogens is 1.